The number of benzene rings is 1. The molecule has 1 aliphatic rings. The highest BCUT2D eigenvalue weighted by Gasteiger charge is 2.25. The van der Waals surface area contributed by atoms with Crippen LogP contribution in [-0.2, 0) is 9.59 Å². The zero-order valence-corrected chi connectivity index (χ0v) is 15.2. The van der Waals surface area contributed by atoms with Crippen LogP contribution in [0.25, 0.3) is 0 Å². The third-order valence-electron chi connectivity index (χ3n) is 4.02. The van der Waals surface area contributed by atoms with Crippen LogP contribution in [0.1, 0.15) is 26.7 Å². The largest absolute Gasteiger partial charge is 0.357 e. The smallest absolute Gasteiger partial charge is 0.246 e. The Morgan fingerprint density at radius 3 is 2.85 bits per heavy atom. The lowest BCUT2D eigenvalue weighted by Gasteiger charge is -2.18. The minimum absolute atomic E-state index is 0.0871. The summed E-state index contributed by atoms with van der Waals surface area (Å²) in [6.45, 7) is 5.71. The molecule has 2 amide bonds. The minimum atomic E-state index is -0.409. The number of carbonyl (C=O) groups is 2. The summed E-state index contributed by atoms with van der Waals surface area (Å²) in [7, 11) is 0. The van der Waals surface area contributed by atoms with E-state index in [1.54, 1.807) is 6.07 Å². The standard InChI is InChI=1S/C18H26FN5O2/c1-3-17(26)24-9-8-15(12-24)23-18(20-4-2)21-11-16(25)22-14-7-5-6-13(19)10-14/h5-7,10,15H,3-4,8-9,11-12H2,1-2H3,(H,22,25)(H2,20,21,23). The number of carbonyl (C=O) groups excluding carboxylic acids is 2. The molecule has 0 aliphatic carbocycles. The molecule has 1 aromatic carbocycles. The Morgan fingerprint density at radius 1 is 1.35 bits per heavy atom. The topological polar surface area (TPSA) is 85.8 Å². The van der Waals surface area contributed by atoms with E-state index in [-0.39, 0.29) is 24.4 Å². The summed E-state index contributed by atoms with van der Waals surface area (Å²) in [5.74, 6) is -0.0702. The molecule has 1 heterocycles. The van der Waals surface area contributed by atoms with Gasteiger partial charge in [0.05, 0.1) is 0 Å². The first-order valence-electron chi connectivity index (χ1n) is 8.89. The average Bonchev–Trinajstić information content (AvgIpc) is 3.08. The number of hydrogen-bond donors (Lipinski definition) is 3. The molecule has 8 heteroatoms. The summed E-state index contributed by atoms with van der Waals surface area (Å²) in [5, 5.41) is 8.96. The Morgan fingerprint density at radius 2 is 2.15 bits per heavy atom. The molecule has 0 bridgehead atoms. The Balaban J connectivity index is 1.88. The fourth-order valence-corrected chi connectivity index (χ4v) is 2.76. The van der Waals surface area contributed by atoms with Gasteiger partial charge in [-0.25, -0.2) is 9.38 Å². The Kier molecular flexibility index (Phi) is 7.37. The third kappa shape index (κ3) is 6.02. The molecule has 2 rings (SSSR count). The van der Waals surface area contributed by atoms with Gasteiger partial charge in [-0.2, -0.15) is 0 Å². The van der Waals surface area contributed by atoms with Gasteiger partial charge in [0, 0.05) is 37.8 Å². The van der Waals surface area contributed by atoms with Crippen molar-refractivity contribution < 1.29 is 14.0 Å². The summed E-state index contributed by atoms with van der Waals surface area (Å²) < 4.78 is 13.1. The maximum absolute atomic E-state index is 13.1. The number of amides is 2. The van der Waals surface area contributed by atoms with Crippen molar-refractivity contribution in [3.8, 4) is 0 Å². The highest BCUT2D eigenvalue weighted by molar-refractivity contribution is 5.94. The van der Waals surface area contributed by atoms with Gasteiger partial charge in [0.1, 0.15) is 12.4 Å². The second-order valence-electron chi connectivity index (χ2n) is 6.08. The summed E-state index contributed by atoms with van der Waals surface area (Å²) in [6, 6.07) is 5.82. The summed E-state index contributed by atoms with van der Waals surface area (Å²) in [5.41, 5.74) is 0.396. The Bertz CT molecular complexity index is 665. The second kappa shape index (κ2) is 9.74. The maximum Gasteiger partial charge on any atom is 0.246 e. The minimum Gasteiger partial charge on any atom is -0.357 e. The van der Waals surface area contributed by atoms with E-state index >= 15 is 0 Å². The molecule has 1 aliphatic heterocycles. The normalized spacial score (nSPS) is 17.1. The van der Waals surface area contributed by atoms with Crippen molar-refractivity contribution >= 4 is 23.5 Å². The van der Waals surface area contributed by atoms with Crippen LogP contribution >= 0.6 is 0 Å². The van der Waals surface area contributed by atoms with E-state index in [4.69, 9.17) is 0 Å². The fraction of sp³-hybridized carbons (Fsp3) is 0.500. The molecule has 0 radical (unpaired) electrons. The summed E-state index contributed by atoms with van der Waals surface area (Å²) in [6.07, 6.45) is 1.34. The lowest BCUT2D eigenvalue weighted by Crippen LogP contribution is -2.45. The molecule has 1 atom stereocenters. The summed E-state index contributed by atoms with van der Waals surface area (Å²) >= 11 is 0. The van der Waals surface area contributed by atoms with Crippen molar-refractivity contribution in [2.45, 2.75) is 32.7 Å². The zero-order valence-electron chi connectivity index (χ0n) is 15.2. The number of aliphatic imine (C=N–C) groups is 1. The van der Waals surface area contributed by atoms with Crippen LogP contribution in [0.3, 0.4) is 0 Å². The van der Waals surface area contributed by atoms with E-state index < -0.39 is 5.82 Å². The first-order chi connectivity index (χ1) is 12.5. The zero-order chi connectivity index (χ0) is 18.9. The molecule has 3 N–H and O–H groups in total. The van der Waals surface area contributed by atoms with E-state index in [0.717, 1.165) is 13.0 Å². The number of guanidine groups is 1. The average molecular weight is 363 g/mol. The van der Waals surface area contributed by atoms with Crippen molar-refractivity contribution in [2.24, 2.45) is 4.99 Å². The van der Waals surface area contributed by atoms with Crippen molar-refractivity contribution in [1.29, 1.82) is 0 Å². The van der Waals surface area contributed by atoms with Gasteiger partial charge in [-0.15, -0.1) is 0 Å². The second-order valence-corrected chi connectivity index (χ2v) is 6.08. The predicted molar refractivity (Wildman–Crippen MR) is 99.4 cm³/mol. The van der Waals surface area contributed by atoms with E-state index in [0.29, 0.717) is 31.2 Å². The molecular weight excluding hydrogens is 337 g/mol. The molecule has 26 heavy (non-hydrogen) atoms. The van der Waals surface area contributed by atoms with Gasteiger partial charge in [0.15, 0.2) is 5.96 Å². The van der Waals surface area contributed by atoms with E-state index in [9.17, 15) is 14.0 Å². The molecule has 7 nitrogen and oxygen atoms in total. The van der Waals surface area contributed by atoms with Crippen molar-refractivity contribution in [3.63, 3.8) is 0 Å². The van der Waals surface area contributed by atoms with Gasteiger partial charge >= 0.3 is 0 Å². The van der Waals surface area contributed by atoms with Crippen LogP contribution < -0.4 is 16.0 Å². The number of hydrogen-bond acceptors (Lipinski definition) is 3. The molecule has 0 saturated carbocycles. The molecule has 1 aromatic rings. The van der Waals surface area contributed by atoms with Crippen LogP contribution in [0.4, 0.5) is 10.1 Å². The maximum atomic E-state index is 13.1. The monoisotopic (exact) mass is 363 g/mol. The van der Waals surface area contributed by atoms with Crippen molar-refractivity contribution in [1.82, 2.24) is 15.5 Å². The van der Waals surface area contributed by atoms with Crippen LogP contribution in [-0.4, -0.2) is 54.9 Å². The SMILES string of the molecule is CCNC(=NCC(=O)Nc1cccc(F)c1)NC1CCN(C(=O)CC)C1. The molecule has 0 spiro atoms. The Hall–Kier alpha value is -2.64. The lowest BCUT2D eigenvalue weighted by molar-refractivity contribution is -0.129. The van der Waals surface area contributed by atoms with Gasteiger partial charge in [0.25, 0.3) is 0 Å². The van der Waals surface area contributed by atoms with E-state index in [1.165, 1.54) is 18.2 Å². The van der Waals surface area contributed by atoms with E-state index in [2.05, 4.69) is 20.9 Å². The summed E-state index contributed by atoms with van der Waals surface area (Å²) in [4.78, 5) is 29.9. The first-order valence-corrected chi connectivity index (χ1v) is 8.89. The van der Waals surface area contributed by atoms with Crippen molar-refractivity contribution in [3.05, 3.63) is 30.1 Å². The third-order valence-corrected chi connectivity index (χ3v) is 4.02. The molecule has 0 aromatic heterocycles. The van der Waals surface area contributed by atoms with Gasteiger partial charge in [-0.1, -0.05) is 13.0 Å². The number of halogens is 1. The predicted octanol–water partition coefficient (Wildman–Crippen LogP) is 1.33. The first kappa shape index (κ1) is 19.7. The van der Waals surface area contributed by atoms with Gasteiger partial charge < -0.3 is 20.9 Å². The van der Waals surface area contributed by atoms with Gasteiger partial charge in [-0.3, -0.25) is 9.59 Å². The molecule has 1 unspecified atom stereocenters. The highest BCUT2D eigenvalue weighted by atomic mass is 19.1. The molecular formula is C18H26FN5O2. The van der Waals surface area contributed by atoms with Gasteiger partial charge in [0.2, 0.25) is 11.8 Å². The highest BCUT2D eigenvalue weighted by Crippen LogP contribution is 2.11. The van der Waals surface area contributed by atoms with Crippen LogP contribution in [0.15, 0.2) is 29.3 Å². The number of nitrogens with zero attached hydrogens (tertiary/aromatic N) is 2. The molecule has 1 fully saturated rings. The van der Waals surface area contributed by atoms with Crippen LogP contribution in [0, 0.1) is 5.82 Å². The van der Waals surface area contributed by atoms with Crippen molar-refractivity contribution in [2.75, 3.05) is 31.5 Å². The molecule has 1 saturated heterocycles. The number of likely N-dealkylation sites (tertiary alicyclic amines) is 1. The number of rotatable bonds is 6. The number of anilines is 1. The van der Waals surface area contributed by atoms with Crippen LogP contribution in [0.2, 0.25) is 0 Å². The quantitative estimate of drug-likeness (QED) is 0.526. The van der Waals surface area contributed by atoms with Crippen LogP contribution in [0.5, 0.6) is 0 Å². The van der Waals surface area contributed by atoms with Gasteiger partial charge in [-0.05, 0) is 31.5 Å². The lowest BCUT2D eigenvalue weighted by atomic mass is 10.3. The fourth-order valence-electron chi connectivity index (χ4n) is 2.76. The van der Waals surface area contributed by atoms with E-state index in [1.807, 2.05) is 18.7 Å². The molecule has 142 valence electrons. The number of nitrogens with one attached hydrogen (secondary N) is 3. The Labute approximate surface area is 153 Å².